The molecule has 116 valence electrons. The van der Waals surface area contributed by atoms with Crippen molar-refractivity contribution in [2.45, 2.75) is 6.92 Å². The molecule has 1 aromatic heterocycles. The molecule has 0 N–H and O–H groups in total. The Morgan fingerprint density at radius 3 is 2.35 bits per heavy atom. The molecule has 0 saturated heterocycles. The largest absolute Gasteiger partial charge is 0.465 e. The van der Waals surface area contributed by atoms with E-state index in [9.17, 15) is 9.59 Å². The second-order valence-electron chi connectivity index (χ2n) is 5.49. The smallest absolute Gasteiger partial charge is 0.344 e. The number of aryl methyl sites for hydroxylation is 2. The van der Waals surface area contributed by atoms with Gasteiger partial charge >= 0.3 is 5.97 Å². The quantitative estimate of drug-likeness (QED) is 0.683. The summed E-state index contributed by atoms with van der Waals surface area (Å²) >= 11 is 0. The fourth-order valence-corrected chi connectivity index (χ4v) is 2.81. The molecule has 0 amide bonds. The molecule has 0 aliphatic rings. The molecule has 0 fully saturated rings. The Hall–Kier alpha value is -2.88. The average molecular weight is 307 g/mol. The van der Waals surface area contributed by atoms with E-state index in [2.05, 4.69) is 0 Å². The number of hydrogen-bond acceptors (Lipinski definition) is 3. The Morgan fingerprint density at radius 1 is 1.04 bits per heavy atom. The first-order valence-electron chi connectivity index (χ1n) is 7.31. The zero-order valence-electron chi connectivity index (χ0n) is 13.3. The van der Waals surface area contributed by atoms with Gasteiger partial charge in [-0.1, -0.05) is 48.0 Å². The minimum atomic E-state index is -0.619. The Labute approximate surface area is 133 Å². The molecule has 0 radical (unpaired) electrons. The van der Waals surface area contributed by atoms with Gasteiger partial charge in [0.05, 0.1) is 12.6 Å². The minimum Gasteiger partial charge on any atom is -0.465 e. The van der Waals surface area contributed by atoms with Crippen molar-refractivity contribution in [3.8, 4) is 11.1 Å². The van der Waals surface area contributed by atoms with Crippen LogP contribution in [0.1, 0.15) is 15.9 Å². The number of ether oxygens (including phenoxy) is 1. The number of esters is 1. The second kappa shape index (κ2) is 5.72. The van der Waals surface area contributed by atoms with Crippen molar-refractivity contribution in [1.82, 2.24) is 4.57 Å². The summed E-state index contributed by atoms with van der Waals surface area (Å²) in [4.78, 5) is 25.0. The minimum absolute atomic E-state index is 0.0672. The molecule has 3 rings (SSSR count). The summed E-state index contributed by atoms with van der Waals surface area (Å²) in [6, 6.07) is 15.3. The van der Waals surface area contributed by atoms with E-state index < -0.39 is 5.97 Å². The number of nitrogens with zero attached hydrogens (tertiary/aromatic N) is 1. The highest BCUT2D eigenvalue weighted by Gasteiger charge is 2.22. The van der Waals surface area contributed by atoms with E-state index >= 15 is 0 Å². The number of benzene rings is 2. The zero-order chi connectivity index (χ0) is 16.6. The van der Waals surface area contributed by atoms with Crippen molar-refractivity contribution in [2.75, 3.05) is 7.11 Å². The Morgan fingerprint density at radius 2 is 1.70 bits per heavy atom. The third-order valence-corrected chi connectivity index (χ3v) is 4.03. The van der Waals surface area contributed by atoms with Gasteiger partial charge in [-0.3, -0.25) is 4.79 Å². The van der Waals surface area contributed by atoms with Gasteiger partial charge < -0.3 is 9.30 Å². The molecule has 4 nitrogen and oxygen atoms in total. The molecule has 3 aromatic rings. The van der Waals surface area contributed by atoms with E-state index in [0.717, 1.165) is 22.0 Å². The van der Waals surface area contributed by atoms with Crippen LogP contribution in [0.3, 0.4) is 0 Å². The first-order valence-corrected chi connectivity index (χ1v) is 7.31. The van der Waals surface area contributed by atoms with Crippen LogP contribution in [0.5, 0.6) is 0 Å². The van der Waals surface area contributed by atoms with Crippen LogP contribution < -0.4 is 5.56 Å². The van der Waals surface area contributed by atoms with Crippen molar-refractivity contribution in [3.05, 3.63) is 70.0 Å². The first-order chi connectivity index (χ1) is 11.0. The SMILES string of the molecule is COC(=O)c1c(-c2ccc(C)cc2)c2ccccc2n(C)c1=O. The van der Waals surface area contributed by atoms with Gasteiger partial charge in [0, 0.05) is 18.0 Å². The molecule has 1 heterocycles. The normalized spacial score (nSPS) is 10.7. The van der Waals surface area contributed by atoms with Crippen molar-refractivity contribution < 1.29 is 9.53 Å². The molecule has 2 aromatic carbocycles. The maximum atomic E-state index is 12.7. The van der Waals surface area contributed by atoms with E-state index in [1.54, 1.807) is 7.05 Å². The maximum Gasteiger partial charge on any atom is 0.344 e. The number of pyridine rings is 1. The Balaban J connectivity index is 2.51. The fraction of sp³-hybridized carbons (Fsp3) is 0.158. The summed E-state index contributed by atoms with van der Waals surface area (Å²) in [5.74, 6) is -0.619. The van der Waals surface area contributed by atoms with Crippen LogP contribution in [0.25, 0.3) is 22.0 Å². The van der Waals surface area contributed by atoms with Crippen molar-refractivity contribution in [3.63, 3.8) is 0 Å². The molecular weight excluding hydrogens is 290 g/mol. The number of methoxy groups -OCH3 is 1. The summed E-state index contributed by atoms with van der Waals surface area (Å²) in [5, 5.41) is 0.846. The van der Waals surface area contributed by atoms with Crippen LogP contribution in [0, 0.1) is 6.92 Å². The van der Waals surface area contributed by atoms with Gasteiger partial charge in [-0.15, -0.1) is 0 Å². The van der Waals surface area contributed by atoms with Crippen LogP contribution >= 0.6 is 0 Å². The van der Waals surface area contributed by atoms with Crippen LogP contribution in [-0.2, 0) is 11.8 Å². The lowest BCUT2D eigenvalue weighted by Crippen LogP contribution is -2.26. The Kier molecular flexibility index (Phi) is 3.74. The summed E-state index contributed by atoms with van der Waals surface area (Å²) < 4.78 is 6.34. The van der Waals surface area contributed by atoms with Gasteiger partial charge in [0.25, 0.3) is 5.56 Å². The standard InChI is InChI=1S/C19H17NO3/c1-12-8-10-13(11-9-12)16-14-6-4-5-7-15(14)20(2)18(21)17(16)19(22)23-3/h4-11H,1-3H3. The molecule has 0 aliphatic heterocycles. The number of carbonyl (C=O) groups is 1. The average Bonchev–Trinajstić information content (AvgIpc) is 2.58. The third-order valence-electron chi connectivity index (χ3n) is 4.03. The molecular formula is C19H17NO3. The molecule has 4 heteroatoms. The number of hydrogen-bond donors (Lipinski definition) is 0. The lowest BCUT2D eigenvalue weighted by atomic mass is 9.95. The summed E-state index contributed by atoms with van der Waals surface area (Å²) in [6.07, 6.45) is 0. The van der Waals surface area contributed by atoms with Gasteiger partial charge in [-0.05, 0) is 18.6 Å². The molecule has 0 saturated carbocycles. The maximum absolute atomic E-state index is 12.7. The highest BCUT2D eigenvalue weighted by atomic mass is 16.5. The van der Waals surface area contributed by atoms with E-state index in [0.29, 0.717) is 5.56 Å². The van der Waals surface area contributed by atoms with Crippen LogP contribution in [0.2, 0.25) is 0 Å². The van der Waals surface area contributed by atoms with Crippen LogP contribution in [0.4, 0.5) is 0 Å². The number of rotatable bonds is 2. The first kappa shape index (κ1) is 15.0. The third kappa shape index (κ3) is 2.42. The van der Waals surface area contributed by atoms with E-state index in [4.69, 9.17) is 4.74 Å². The summed E-state index contributed by atoms with van der Waals surface area (Å²) in [5.41, 5.74) is 3.05. The topological polar surface area (TPSA) is 48.3 Å². The number of para-hydroxylation sites is 1. The number of fused-ring (bicyclic) bond motifs is 1. The van der Waals surface area contributed by atoms with Crippen molar-refractivity contribution >= 4 is 16.9 Å². The van der Waals surface area contributed by atoms with Gasteiger partial charge in [0.1, 0.15) is 5.56 Å². The van der Waals surface area contributed by atoms with Crippen LogP contribution in [-0.4, -0.2) is 17.6 Å². The molecule has 0 atom stereocenters. The monoisotopic (exact) mass is 307 g/mol. The molecule has 0 unspecified atom stereocenters. The summed E-state index contributed by atoms with van der Waals surface area (Å²) in [6.45, 7) is 1.99. The van der Waals surface area contributed by atoms with Gasteiger partial charge in [0.15, 0.2) is 0 Å². The number of carbonyl (C=O) groups excluding carboxylic acids is 1. The van der Waals surface area contributed by atoms with E-state index in [1.807, 2.05) is 55.5 Å². The van der Waals surface area contributed by atoms with Gasteiger partial charge in [-0.2, -0.15) is 0 Å². The molecule has 0 aliphatic carbocycles. The summed E-state index contributed by atoms with van der Waals surface area (Å²) in [7, 11) is 2.95. The zero-order valence-corrected chi connectivity index (χ0v) is 13.3. The highest BCUT2D eigenvalue weighted by molar-refractivity contribution is 6.06. The predicted molar refractivity (Wildman–Crippen MR) is 90.7 cm³/mol. The molecule has 23 heavy (non-hydrogen) atoms. The Bertz CT molecular complexity index is 953. The fourth-order valence-electron chi connectivity index (χ4n) is 2.81. The molecule has 0 spiro atoms. The highest BCUT2D eigenvalue weighted by Crippen LogP contribution is 2.30. The number of aromatic nitrogens is 1. The van der Waals surface area contributed by atoms with E-state index in [1.165, 1.54) is 11.7 Å². The van der Waals surface area contributed by atoms with E-state index in [-0.39, 0.29) is 11.1 Å². The lowest BCUT2D eigenvalue weighted by molar-refractivity contribution is 0.0599. The van der Waals surface area contributed by atoms with Crippen LogP contribution in [0.15, 0.2) is 53.3 Å². The van der Waals surface area contributed by atoms with Gasteiger partial charge in [-0.25, -0.2) is 4.79 Å². The second-order valence-corrected chi connectivity index (χ2v) is 5.49. The van der Waals surface area contributed by atoms with Crippen molar-refractivity contribution in [2.24, 2.45) is 7.05 Å². The molecule has 0 bridgehead atoms. The van der Waals surface area contributed by atoms with Crippen molar-refractivity contribution in [1.29, 1.82) is 0 Å². The predicted octanol–water partition coefficient (Wildman–Crippen LogP) is 3.30. The van der Waals surface area contributed by atoms with Gasteiger partial charge in [0.2, 0.25) is 0 Å². The lowest BCUT2D eigenvalue weighted by Gasteiger charge is -2.15.